The first-order chi connectivity index (χ1) is 15.6. The van der Waals surface area contributed by atoms with Gasteiger partial charge in [0, 0.05) is 0 Å². The number of ether oxygens (including phenoxy) is 4. The van der Waals surface area contributed by atoms with Crippen molar-refractivity contribution in [2.45, 2.75) is 39.0 Å². The molecule has 1 rings (SSSR count). The highest BCUT2D eigenvalue weighted by Gasteiger charge is 2.40. The zero-order valence-corrected chi connectivity index (χ0v) is 19.3. The molecular formula is C22H30N2O9. The normalized spacial score (nSPS) is 13.2. The first-order valence-electron chi connectivity index (χ1n) is 10.1. The lowest BCUT2D eigenvalue weighted by Crippen LogP contribution is -2.57. The van der Waals surface area contributed by atoms with Crippen LogP contribution in [0.5, 0.6) is 0 Å². The summed E-state index contributed by atoms with van der Waals surface area (Å²) < 4.78 is 19.1. The van der Waals surface area contributed by atoms with Gasteiger partial charge in [0.1, 0.15) is 18.7 Å². The number of carbonyl (C=O) groups excluding carboxylic acids is 5. The number of amides is 2. The van der Waals surface area contributed by atoms with Gasteiger partial charge in [-0.05, 0) is 11.5 Å². The average Bonchev–Trinajstić information content (AvgIpc) is 2.82. The predicted molar refractivity (Wildman–Crippen MR) is 114 cm³/mol. The van der Waals surface area contributed by atoms with Crippen LogP contribution in [0, 0.1) is 11.8 Å². The molecule has 0 saturated carbocycles. The molecule has 2 N–H and O–H groups in total. The molecule has 0 bridgehead atoms. The van der Waals surface area contributed by atoms with Crippen molar-refractivity contribution < 1.29 is 42.9 Å². The minimum absolute atomic E-state index is 0.00651. The standard InChI is InChI=1S/C22H30N2O9/c1-13(2)17(24-22(29)33-12-14-9-7-6-8-10-14)19(26)23-18(21(28)32-5)15(20(27)31-4)11-16(25)30-3/h6-10,13,15,17-18H,11-12H2,1-5H3,(H,23,26)(H,24,29)/t15-,17-,18-/m0/s1. The third-order valence-electron chi connectivity index (χ3n) is 4.71. The monoisotopic (exact) mass is 466 g/mol. The summed E-state index contributed by atoms with van der Waals surface area (Å²) in [4.78, 5) is 61.5. The maximum Gasteiger partial charge on any atom is 0.408 e. The third-order valence-corrected chi connectivity index (χ3v) is 4.71. The Morgan fingerprint density at radius 2 is 1.42 bits per heavy atom. The van der Waals surface area contributed by atoms with Gasteiger partial charge in [-0.3, -0.25) is 14.4 Å². The van der Waals surface area contributed by atoms with Gasteiger partial charge in [-0.25, -0.2) is 9.59 Å². The second kappa shape index (κ2) is 13.7. The SMILES string of the molecule is COC(=O)C[C@H](C(=O)OC)[C@H](NC(=O)[C@@H](NC(=O)OCc1ccccc1)C(C)C)C(=O)OC. The van der Waals surface area contributed by atoms with Gasteiger partial charge in [-0.15, -0.1) is 0 Å². The van der Waals surface area contributed by atoms with Crippen LogP contribution in [0.3, 0.4) is 0 Å². The van der Waals surface area contributed by atoms with Crippen molar-refractivity contribution in [3.63, 3.8) is 0 Å². The van der Waals surface area contributed by atoms with E-state index >= 15 is 0 Å². The second-order valence-corrected chi connectivity index (χ2v) is 7.35. The van der Waals surface area contributed by atoms with Crippen molar-refractivity contribution in [3.05, 3.63) is 35.9 Å². The molecule has 0 aliphatic rings. The van der Waals surface area contributed by atoms with Crippen LogP contribution in [-0.2, 0) is 44.7 Å². The smallest absolute Gasteiger partial charge is 0.408 e. The number of carbonyl (C=O) groups is 5. The number of nitrogens with one attached hydrogen (secondary N) is 2. The van der Waals surface area contributed by atoms with Crippen LogP contribution in [0.25, 0.3) is 0 Å². The minimum Gasteiger partial charge on any atom is -0.469 e. The number of rotatable bonds is 11. The highest BCUT2D eigenvalue weighted by Crippen LogP contribution is 2.15. The minimum atomic E-state index is -1.56. The first-order valence-corrected chi connectivity index (χ1v) is 10.1. The number of methoxy groups -OCH3 is 3. The third kappa shape index (κ3) is 8.79. The Balaban J connectivity index is 2.97. The molecule has 2 amide bonds. The van der Waals surface area contributed by atoms with Gasteiger partial charge in [-0.2, -0.15) is 0 Å². The van der Waals surface area contributed by atoms with Crippen LogP contribution in [0.1, 0.15) is 25.8 Å². The maximum atomic E-state index is 12.9. The number of hydrogen-bond donors (Lipinski definition) is 2. The summed E-state index contributed by atoms with van der Waals surface area (Å²) in [6.07, 6.45) is -1.39. The van der Waals surface area contributed by atoms with Gasteiger partial charge >= 0.3 is 24.0 Å². The number of esters is 3. The summed E-state index contributed by atoms with van der Waals surface area (Å²) in [7, 11) is 3.25. The Bertz CT molecular complexity index is 826. The summed E-state index contributed by atoms with van der Waals surface area (Å²) in [5.74, 6) is -5.29. The van der Waals surface area contributed by atoms with Crippen LogP contribution in [0.2, 0.25) is 0 Å². The lowest BCUT2D eigenvalue weighted by Gasteiger charge is -2.27. The molecule has 0 radical (unpaired) electrons. The molecule has 0 aromatic heterocycles. The molecular weight excluding hydrogens is 436 g/mol. The molecule has 1 aromatic rings. The number of benzene rings is 1. The van der Waals surface area contributed by atoms with Gasteiger partial charge in [0.25, 0.3) is 0 Å². The van der Waals surface area contributed by atoms with E-state index in [1.165, 1.54) is 0 Å². The van der Waals surface area contributed by atoms with Crippen molar-refractivity contribution in [2.24, 2.45) is 11.8 Å². The van der Waals surface area contributed by atoms with Gasteiger partial charge in [0.05, 0.1) is 33.7 Å². The Morgan fingerprint density at radius 3 is 1.94 bits per heavy atom. The van der Waals surface area contributed by atoms with E-state index in [4.69, 9.17) is 4.74 Å². The van der Waals surface area contributed by atoms with Crippen molar-refractivity contribution in [1.82, 2.24) is 10.6 Å². The fourth-order valence-electron chi connectivity index (χ4n) is 2.87. The quantitative estimate of drug-likeness (QED) is 0.359. The van der Waals surface area contributed by atoms with Crippen LogP contribution in [0.15, 0.2) is 30.3 Å². The van der Waals surface area contributed by atoms with E-state index in [0.29, 0.717) is 0 Å². The zero-order chi connectivity index (χ0) is 25.0. The molecule has 0 spiro atoms. The Kier molecular flexibility index (Phi) is 11.4. The van der Waals surface area contributed by atoms with E-state index in [0.717, 1.165) is 26.9 Å². The molecule has 0 unspecified atom stereocenters. The largest absolute Gasteiger partial charge is 0.469 e. The molecule has 182 valence electrons. The summed E-state index contributed by atoms with van der Waals surface area (Å²) in [5.41, 5.74) is 0.757. The molecule has 0 aliphatic carbocycles. The molecule has 0 fully saturated rings. The second-order valence-electron chi connectivity index (χ2n) is 7.35. The first kappa shape index (κ1) is 27.4. The lowest BCUT2D eigenvalue weighted by atomic mass is 9.94. The van der Waals surface area contributed by atoms with E-state index in [-0.39, 0.29) is 6.61 Å². The topological polar surface area (TPSA) is 146 Å². The summed E-state index contributed by atoms with van der Waals surface area (Å²) >= 11 is 0. The van der Waals surface area contributed by atoms with Gasteiger partial charge in [0.2, 0.25) is 5.91 Å². The van der Waals surface area contributed by atoms with Crippen molar-refractivity contribution >= 4 is 29.9 Å². The molecule has 0 aliphatic heterocycles. The van der Waals surface area contributed by atoms with E-state index in [9.17, 15) is 24.0 Å². The zero-order valence-electron chi connectivity index (χ0n) is 19.3. The Labute approximate surface area is 192 Å². The number of alkyl carbamates (subject to hydrolysis) is 1. The highest BCUT2D eigenvalue weighted by molar-refractivity contribution is 5.93. The van der Waals surface area contributed by atoms with Crippen molar-refractivity contribution in [1.29, 1.82) is 0 Å². The summed E-state index contributed by atoms with van der Waals surface area (Å²) in [6.45, 7) is 3.33. The fourth-order valence-corrected chi connectivity index (χ4v) is 2.87. The van der Waals surface area contributed by atoms with E-state index in [1.807, 2.05) is 6.07 Å². The predicted octanol–water partition coefficient (Wildman–Crippen LogP) is 0.948. The average molecular weight is 466 g/mol. The fraction of sp³-hybridized carbons (Fsp3) is 0.500. The van der Waals surface area contributed by atoms with Gasteiger partial charge in [0.15, 0.2) is 0 Å². The molecule has 0 heterocycles. The summed E-state index contributed by atoms with van der Waals surface area (Å²) in [5, 5.41) is 4.83. The summed E-state index contributed by atoms with van der Waals surface area (Å²) in [6, 6.07) is 6.28. The van der Waals surface area contributed by atoms with Gasteiger partial charge < -0.3 is 29.6 Å². The van der Waals surface area contributed by atoms with E-state index in [1.54, 1.807) is 38.1 Å². The van der Waals surface area contributed by atoms with Crippen molar-refractivity contribution in [3.8, 4) is 0 Å². The van der Waals surface area contributed by atoms with E-state index < -0.39 is 60.2 Å². The maximum absolute atomic E-state index is 12.9. The van der Waals surface area contributed by atoms with Crippen LogP contribution >= 0.6 is 0 Å². The van der Waals surface area contributed by atoms with E-state index in [2.05, 4.69) is 24.8 Å². The molecule has 1 aromatic carbocycles. The Hall–Kier alpha value is -3.63. The molecule has 11 heteroatoms. The molecule has 11 nitrogen and oxygen atoms in total. The molecule has 33 heavy (non-hydrogen) atoms. The van der Waals surface area contributed by atoms with Crippen LogP contribution in [0.4, 0.5) is 4.79 Å². The van der Waals surface area contributed by atoms with Gasteiger partial charge in [-0.1, -0.05) is 44.2 Å². The lowest BCUT2D eigenvalue weighted by molar-refractivity contribution is -0.159. The highest BCUT2D eigenvalue weighted by atomic mass is 16.6. The van der Waals surface area contributed by atoms with Crippen LogP contribution < -0.4 is 10.6 Å². The number of hydrogen-bond acceptors (Lipinski definition) is 9. The Morgan fingerprint density at radius 1 is 0.818 bits per heavy atom. The van der Waals surface area contributed by atoms with Crippen molar-refractivity contribution in [2.75, 3.05) is 21.3 Å². The molecule has 0 saturated heterocycles. The molecule has 3 atom stereocenters. The van der Waals surface area contributed by atoms with Crippen LogP contribution in [-0.4, -0.2) is 63.3 Å².